The lowest BCUT2D eigenvalue weighted by atomic mass is 10.1. The highest BCUT2D eigenvalue weighted by molar-refractivity contribution is 5.11. The van der Waals surface area contributed by atoms with Gasteiger partial charge in [-0.25, -0.2) is 0 Å². The minimum atomic E-state index is 0.536. The first-order valence-corrected chi connectivity index (χ1v) is 6.76. The van der Waals surface area contributed by atoms with Crippen LogP contribution in [0.15, 0.2) is 18.2 Å². The van der Waals surface area contributed by atoms with Crippen LogP contribution in [0.4, 0.5) is 0 Å². The van der Waals surface area contributed by atoms with E-state index in [0.717, 1.165) is 17.9 Å². The predicted molar refractivity (Wildman–Crippen MR) is 70.5 cm³/mol. The molecule has 1 fully saturated rings. The van der Waals surface area contributed by atoms with E-state index < -0.39 is 0 Å². The Balaban J connectivity index is 1.93. The van der Waals surface area contributed by atoms with Crippen molar-refractivity contribution in [3.8, 4) is 0 Å². The second-order valence-corrected chi connectivity index (χ2v) is 4.87. The summed E-state index contributed by atoms with van der Waals surface area (Å²) in [7, 11) is 0. The smallest absolute Gasteiger partial charge is 0.0547 e. The SMILES string of the molecule is NCc1cccc(CN2CCCCCCC2)n1. The Bertz CT molecular complexity index is 330. The van der Waals surface area contributed by atoms with Gasteiger partial charge in [0.15, 0.2) is 0 Å². The van der Waals surface area contributed by atoms with Gasteiger partial charge < -0.3 is 5.73 Å². The molecular weight excluding hydrogens is 210 g/mol. The first-order valence-electron chi connectivity index (χ1n) is 6.76. The van der Waals surface area contributed by atoms with Crippen molar-refractivity contribution >= 4 is 0 Å². The fourth-order valence-electron chi connectivity index (χ4n) is 2.43. The normalized spacial score (nSPS) is 18.6. The van der Waals surface area contributed by atoms with Crippen LogP contribution in [0.2, 0.25) is 0 Å². The standard InChI is InChI=1S/C14H23N3/c15-11-13-7-6-8-14(16-13)12-17-9-4-2-1-3-5-10-17/h6-8H,1-5,9-12,15H2. The molecule has 1 saturated heterocycles. The van der Waals surface area contributed by atoms with E-state index in [2.05, 4.69) is 22.0 Å². The topological polar surface area (TPSA) is 42.1 Å². The van der Waals surface area contributed by atoms with Crippen molar-refractivity contribution in [3.63, 3.8) is 0 Å². The number of likely N-dealkylation sites (tertiary alicyclic amines) is 1. The number of pyridine rings is 1. The quantitative estimate of drug-likeness (QED) is 0.871. The van der Waals surface area contributed by atoms with E-state index in [1.54, 1.807) is 0 Å². The van der Waals surface area contributed by atoms with Crippen molar-refractivity contribution in [2.45, 2.75) is 45.2 Å². The van der Waals surface area contributed by atoms with Crippen LogP contribution in [0.25, 0.3) is 0 Å². The Morgan fingerprint density at radius 1 is 1.00 bits per heavy atom. The van der Waals surface area contributed by atoms with Crippen LogP contribution >= 0.6 is 0 Å². The molecule has 3 nitrogen and oxygen atoms in total. The van der Waals surface area contributed by atoms with Gasteiger partial charge in [-0.05, 0) is 38.1 Å². The molecule has 94 valence electrons. The van der Waals surface area contributed by atoms with Crippen molar-refractivity contribution in [2.24, 2.45) is 5.73 Å². The first-order chi connectivity index (χ1) is 8.38. The van der Waals surface area contributed by atoms with E-state index >= 15 is 0 Å². The predicted octanol–water partition coefficient (Wildman–Crippen LogP) is 2.31. The third-order valence-electron chi connectivity index (χ3n) is 3.41. The van der Waals surface area contributed by atoms with Gasteiger partial charge in [0.1, 0.15) is 0 Å². The van der Waals surface area contributed by atoms with E-state index in [4.69, 9.17) is 5.73 Å². The Morgan fingerprint density at radius 2 is 1.65 bits per heavy atom. The molecule has 0 amide bonds. The van der Waals surface area contributed by atoms with Gasteiger partial charge in [-0.2, -0.15) is 0 Å². The van der Waals surface area contributed by atoms with Gasteiger partial charge in [0, 0.05) is 13.1 Å². The minimum Gasteiger partial charge on any atom is -0.325 e. The fraction of sp³-hybridized carbons (Fsp3) is 0.643. The zero-order valence-electron chi connectivity index (χ0n) is 10.6. The highest BCUT2D eigenvalue weighted by Crippen LogP contribution is 2.12. The Morgan fingerprint density at radius 3 is 2.35 bits per heavy atom. The maximum Gasteiger partial charge on any atom is 0.0547 e. The zero-order valence-corrected chi connectivity index (χ0v) is 10.6. The van der Waals surface area contributed by atoms with Crippen molar-refractivity contribution in [3.05, 3.63) is 29.6 Å². The number of nitrogens with two attached hydrogens (primary N) is 1. The lowest BCUT2D eigenvalue weighted by Crippen LogP contribution is -2.27. The van der Waals surface area contributed by atoms with E-state index in [-0.39, 0.29) is 0 Å². The third kappa shape index (κ3) is 4.10. The number of nitrogens with zero attached hydrogens (tertiary/aromatic N) is 2. The molecule has 3 heteroatoms. The Kier molecular flexibility index (Phi) is 4.95. The molecule has 2 rings (SSSR count). The van der Waals surface area contributed by atoms with Crippen molar-refractivity contribution in [1.29, 1.82) is 0 Å². The summed E-state index contributed by atoms with van der Waals surface area (Å²) in [6.07, 6.45) is 6.83. The second kappa shape index (κ2) is 6.72. The molecule has 1 aliphatic heterocycles. The van der Waals surface area contributed by atoms with Gasteiger partial charge in [0.05, 0.1) is 11.4 Å². The molecule has 1 aromatic heterocycles. The summed E-state index contributed by atoms with van der Waals surface area (Å²) in [4.78, 5) is 7.10. The molecule has 0 aromatic carbocycles. The lowest BCUT2D eigenvalue weighted by molar-refractivity contribution is 0.237. The van der Waals surface area contributed by atoms with Crippen LogP contribution in [0.3, 0.4) is 0 Å². The van der Waals surface area contributed by atoms with Crippen LogP contribution in [0.1, 0.15) is 43.5 Å². The van der Waals surface area contributed by atoms with Gasteiger partial charge in [0.2, 0.25) is 0 Å². The van der Waals surface area contributed by atoms with Crippen LogP contribution < -0.4 is 5.73 Å². The zero-order chi connectivity index (χ0) is 11.9. The van der Waals surface area contributed by atoms with E-state index in [0.29, 0.717) is 6.54 Å². The minimum absolute atomic E-state index is 0.536. The monoisotopic (exact) mass is 233 g/mol. The van der Waals surface area contributed by atoms with Crippen molar-refractivity contribution < 1.29 is 0 Å². The molecule has 1 aliphatic rings. The van der Waals surface area contributed by atoms with E-state index in [9.17, 15) is 0 Å². The Labute approximate surface area is 104 Å². The fourth-order valence-corrected chi connectivity index (χ4v) is 2.43. The van der Waals surface area contributed by atoms with Gasteiger partial charge in [-0.15, -0.1) is 0 Å². The molecule has 17 heavy (non-hydrogen) atoms. The maximum absolute atomic E-state index is 5.62. The molecule has 0 radical (unpaired) electrons. The van der Waals surface area contributed by atoms with Crippen LogP contribution in [-0.2, 0) is 13.1 Å². The molecule has 0 aliphatic carbocycles. The number of hydrogen-bond acceptors (Lipinski definition) is 3. The average molecular weight is 233 g/mol. The number of hydrogen-bond donors (Lipinski definition) is 1. The van der Waals surface area contributed by atoms with Crippen LogP contribution in [-0.4, -0.2) is 23.0 Å². The van der Waals surface area contributed by atoms with Gasteiger partial charge in [-0.1, -0.05) is 25.3 Å². The summed E-state index contributed by atoms with van der Waals surface area (Å²) < 4.78 is 0. The van der Waals surface area contributed by atoms with Crippen LogP contribution in [0.5, 0.6) is 0 Å². The summed E-state index contributed by atoms with van der Waals surface area (Å²) in [6, 6.07) is 6.17. The highest BCUT2D eigenvalue weighted by atomic mass is 15.1. The molecule has 2 heterocycles. The summed E-state index contributed by atoms with van der Waals surface area (Å²) in [5, 5.41) is 0. The first kappa shape index (κ1) is 12.5. The Hall–Kier alpha value is -0.930. The van der Waals surface area contributed by atoms with Crippen molar-refractivity contribution in [1.82, 2.24) is 9.88 Å². The van der Waals surface area contributed by atoms with E-state index in [1.165, 1.54) is 45.2 Å². The highest BCUT2D eigenvalue weighted by Gasteiger charge is 2.09. The van der Waals surface area contributed by atoms with Crippen LogP contribution in [0, 0.1) is 0 Å². The number of aromatic nitrogens is 1. The van der Waals surface area contributed by atoms with Gasteiger partial charge >= 0.3 is 0 Å². The average Bonchev–Trinajstić information content (AvgIpc) is 2.33. The molecule has 0 bridgehead atoms. The van der Waals surface area contributed by atoms with E-state index in [1.807, 2.05) is 6.07 Å². The third-order valence-corrected chi connectivity index (χ3v) is 3.41. The molecule has 1 aromatic rings. The van der Waals surface area contributed by atoms with Crippen molar-refractivity contribution in [2.75, 3.05) is 13.1 Å². The largest absolute Gasteiger partial charge is 0.325 e. The molecule has 0 spiro atoms. The number of rotatable bonds is 3. The maximum atomic E-state index is 5.62. The molecule has 0 atom stereocenters. The molecule has 0 saturated carbocycles. The van der Waals surface area contributed by atoms with Gasteiger partial charge in [0.25, 0.3) is 0 Å². The summed E-state index contributed by atoms with van der Waals surface area (Å²) in [5.74, 6) is 0. The summed E-state index contributed by atoms with van der Waals surface area (Å²) in [6.45, 7) is 3.95. The summed E-state index contributed by atoms with van der Waals surface area (Å²) >= 11 is 0. The summed E-state index contributed by atoms with van der Waals surface area (Å²) in [5.41, 5.74) is 7.78. The lowest BCUT2D eigenvalue weighted by Gasteiger charge is -2.24. The van der Waals surface area contributed by atoms with Gasteiger partial charge in [-0.3, -0.25) is 9.88 Å². The second-order valence-electron chi connectivity index (χ2n) is 4.87. The molecular formula is C14H23N3. The molecule has 2 N–H and O–H groups in total. The molecule has 0 unspecified atom stereocenters.